The minimum absolute atomic E-state index is 0.188. The number of morpholine rings is 1. The number of nitrogens with zero attached hydrogens (tertiary/aromatic N) is 1. The molecule has 0 bridgehead atoms. The summed E-state index contributed by atoms with van der Waals surface area (Å²) in [6.45, 7) is 2.62. The third kappa shape index (κ3) is 2.89. The van der Waals surface area contributed by atoms with Gasteiger partial charge in [-0.05, 0) is 18.2 Å². The molecule has 0 spiro atoms. The number of carbonyl (C=O) groups is 1. The molecule has 1 fully saturated rings. The van der Waals surface area contributed by atoms with Crippen molar-refractivity contribution < 1.29 is 22.3 Å². The standard InChI is InChI=1S/C13H16FNO4S/c1-2-12(16)10-3-4-11(14)13(9-10)20(17,18)15-5-7-19-8-6-15/h3-4,9H,2,5-8H2,1H3. The molecule has 0 radical (unpaired) electrons. The highest BCUT2D eigenvalue weighted by atomic mass is 32.2. The van der Waals surface area contributed by atoms with Gasteiger partial charge in [0, 0.05) is 25.1 Å². The van der Waals surface area contributed by atoms with E-state index in [2.05, 4.69) is 0 Å². The second kappa shape index (κ2) is 5.99. The molecule has 7 heteroatoms. The molecule has 1 aromatic carbocycles. The van der Waals surface area contributed by atoms with Crippen molar-refractivity contribution >= 4 is 15.8 Å². The van der Waals surface area contributed by atoms with Crippen LogP contribution in [0, 0.1) is 5.82 Å². The quantitative estimate of drug-likeness (QED) is 0.789. The Morgan fingerprint density at radius 1 is 1.35 bits per heavy atom. The van der Waals surface area contributed by atoms with Crippen LogP contribution in [0.15, 0.2) is 23.1 Å². The lowest BCUT2D eigenvalue weighted by Crippen LogP contribution is -2.41. The van der Waals surface area contributed by atoms with Gasteiger partial charge in [0.2, 0.25) is 10.0 Å². The predicted molar refractivity (Wildman–Crippen MR) is 70.6 cm³/mol. The van der Waals surface area contributed by atoms with Crippen LogP contribution in [0.25, 0.3) is 0 Å². The van der Waals surface area contributed by atoms with Crippen molar-refractivity contribution in [1.29, 1.82) is 0 Å². The highest BCUT2D eigenvalue weighted by Crippen LogP contribution is 2.22. The lowest BCUT2D eigenvalue weighted by Gasteiger charge is -2.26. The molecule has 0 aliphatic carbocycles. The Hall–Kier alpha value is -1.31. The average Bonchev–Trinajstić information content (AvgIpc) is 2.47. The smallest absolute Gasteiger partial charge is 0.246 e. The summed E-state index contributed by atoms with van der Waals surface area (Å²) in [5.41, 5.74) is 0.209. The lowest BCUT2D eigenvalue weighted by atomic mass is 10.1. The van der Waals surface area contributed by atoms with Crippen molar-refractivity contribution in [3.05, 3.63) is 29.6 Å². The van der Waals surface area contributed by atoms with E-state index in [4.69, 9.17) is 4.74 Å². The first-order valence-corrected chi connectivity index (χ1v) is 7.81. The van der Waals surface area contributed by atoms with E-state index in [1.165, 1.54) is 10.4 Å². The van der Waals surface area contributed by atoms with Gasteiger partial charge in [0.15, 0.2) is 5.78 Å². The molecule has 0 atom stereocenters. The maximum absolute atomic E-state index is 13.8. The lowest BCUT2D eigenvalue weighted by molar-refractivity contribution is 0.0729. The number of Topliss-reactive ketones (excluding diaryl/α,β-unsaturated/α-hetero) is 1. The van der Waals surface area contributed by atoms with Gasteiger partial charge in [0.05, 0.1) is 13.2 Å². The highest BCUT2D eigenvalue weighted by molar-refractivity contribution is 7.89. The summed E-state index contributed by atoms with van der Waals surface area (Å²) in [5.74, 6) is -1.06. The van der Waals surface area contributed by atoms with E-state index in [9.17, 15) is 17.6 Å². The second-order valence-electron chi connectivity index (χ2n) is 4.44. The number of hydrogen-bond acceptors (Lipinski definition) is 4. The number of ketones is 1. The van der Waals surface area contributed by atoms with E-state index in [0.717, 1.165) is 12.1 Å². The molecular weight excluding hydrogens is 285 g/mol. The normalized spacial score (nSPS) is 17.1. The zero-order valence-electron chi connectivity index (χ0n) is 11.1. The number of halogens is 1. The Morgan fingerprint density at radius 3 is 2.60 bits per heavy atom. The van der Waals surface area contributed by atoms with Gasteiger partial charge in [-0.3, -0.25) is 4.79 Å². The van der Waals surface area contributed by atoms with Crippen LogP contribution in [-0.4, -0.2) is 44.8 Å². The summed E-state index contributed by atoms with van der Waals surface area (Å²) in [6, 6.07) is 3.45. The number of sulfonamides is 1. The topological polar surface area (TPSA) is 63.7 Å². The van der Waals surface area contributed by atoms with Gasteiger partial charge < -0.3 is 4.74 Å². The molecule has 0 saturated carbocycles. The van der Waals surface area contributed by atoms with Gasteiger partial charge >= 0.3 is 0 Å². The van der Waals surface area contributed by atoms with E-state index in [1.54, 1.807) is 6.92 Å². The first-order valence-electron chi connectivity index (χ1n) is 6.37. The first kappa shape index (κ1) is 15.1. The number of rotatable bonds is 4. The minimum atomic E-state index is -3.93. The van der Waals surface area contributed by atoms with Gasteiger partial charge in [0.1, 0.15) is 10.7 Å². The first-order chi connectivity index (χ1) is 9.46. The molecule has 20 heavy (non-hydrogen) atoms. The van der Waals surface area contributed by atoms with Crippen LogP contribution in [0.3, 0.4) is 0 Å². The molecule has 1 heterocycles. The van der Waals surface area contributed by atoms with Crippen molar-refractivity contribution in [3.63, 3.8) is 0 Å². The van der Waals surface area contributed by atoms with E-state index in [-0.39, 0.29) is 44.1 Å². The fourth-order valence-electron chi connectivity index (χ4n) is 2.00. The summed E-state index contributed by atoms with van der Waals surface area (Å²) >= 11 is 0. The maximum Gasteiger partial charge on any atom is 0.246 e. The molecule has 2 rings (SSSR count). The number of hydrogen-bond donors (Lipinski definition) is 0. The van der Waals surface area contributed by atoms with E-state index < -0.39 is 20.7 Å². The van der Waals surface area contributed by atoms with Crippen molar-refractivity contribution in [3.8, 4) is 0 Å². The Balaban J connectivity index is 2.42. The Morgan fingerprint density at radius 2 is 2.00 bits per heavy atom. The molecule has 0 N–H and O–H groups in total. The van der Waals surface area contributed by atoms with Gasteiger partial charge in [-0.1, -0.05) is 6.92 Å². The minimum Gasteiger partial charge on any atom is -0.379 e. The Bertz CT molecular complexity index is 609. The average molecular weight is 301 g/mol. The summed E-state index contributed by atoms with van der Waals surface area (Å²) in [5, 5.41) is 0. The van der Waals surface area contributed by atoms with Crippen LogP contribution in [0.5, 0.6) is 0 Å². The van der Waals surface area contributed by atoms with Gasteiger partial charge in [-0.25, -0.2) is 12.8 Å². The molecule has 0 amide bonds. The zero-order valence-corrected chi connectivity index (χ0v) is 12.0. The van der Waals surface area contributed by atoms with E-state index in [0.29, 0.717) is 0 Å². The number of carbonyl (C=O) groups excluding carboxylic acids is 1. The van der Waals surface area contributed by atoms with Crippen molar-refractivity contribution in [1.82, 2.24) is 4.31 Å². The largest absolute Gasteiger partial charge is 0.379 e. The monoisotopic (exact) mass is 301 g/mol. The van der Waals surface area contributed by atoms with Crippen LogP contribution in [0.4, 0.5) is 4.39 Å². The molecule has 5 nitrogen and oxygen atoms in total. The molecular formula is C13H16FNO4S. The van der Waals surface area contributed by atoms with Gasteiger partial charge in [0.25, 0.3) is 0 Å². The summed E-state index contributed by atoms with van der Waals surface area (Å²) in [6.07, 6.45) is 0.239. The zero-order chi connectivity index (χ0) is 14.8. The molecule has 1 aliphatic rings. The number of benzene rings is 1. The van der Waals surface area contributed by atoms with Gasteiger partial charge in [-0.2, -0.15) is 4.31 Å². The molecule has 110 valence electrons. The molecule has 0 aromatic heterocycles. The van der Waals surface area contributed by atoms with E-state index >= 15 is 0 Å². The van der Waals surface area contributed by atoms with E-state index in [1.807, 2.05) is 0 Å². The number of ether oxygens (including phenoxy) is 1. The third-order valence-electron chi connectivity index (χ3n) is 3.16. The van der Waals surface area contributed by atoms with Crippen LogP contribution in [-0.2, 0) is 14.8 Å². The molecule has 1 aromatic rings. The van der Waals surface area contributed by atoms with Crippen molar-refractivity contribution in [2.45, 2.75) is 18.2 Å². The van der Waals surface area contributed by atoms with Crippen LogP contribution in [0.1, 0.15) is 23.7 Å². The highest BCUT2D eigenvalue weighted by Gasteiger charge is 2.29. The SMILES string of the molecule is CCC(=O)c1ccc(F)c(S(=O)(=O)N2CCOCC2)c1. The summed E-state index contributed by atoms with van der Waals surface area (Å²) in [7, 11) is -3.93. The molecule has 1 saturated heterocycles. The molecule has 1 aliphatic heterocycles. The Labute approximate surface area is 117 Å². The van der Waals surface area contributed by atoms with Crippen molar-refractivity contribution in [2.75, 3.05) is 26.3 Å². The van der Waals surface area contributed by atoms with Crippen LogP contribution in [0.2, 0.25) is 0 Å². The molecule has 0 unspecified atom stereocenters. The summed E-state index contributed by atoms with van der Waals surface area (Å²) in [4.78, 5) is 11.2. The van der Waals surface area contributed by atoms with Crippen LogP contribution >= 0.6 is 0 Å². The van der Waals surface area contributed by atoms with Crippen molar-refractivity contribution in [2.24, 2.45) is 0 Å². The predicted octanol–water partition coefficient (Wildman–Crippen LogP) is 1.44. The van der Waals surface area contributed by atoms with Gasteiger partial charge in [-0.15, -0.1) is 0 Å². The fourth-order valence-corrected chi connectivity index (χ4v) is 3.50. The third-order valence-corrected chi connectivity index (χ3v) is 5.08. The second-order valence-corrected chi connectivity index (χ2v) is 6.34. The summed E-state index contributed by atoms with van der Waals surface area (Å²) < 4.78 is 44.9. The maximum atomic E-state index is 13.8. The van der Waals surface area contributed by atoms with Crippen LogP contribution < -0.4 is 0 Å². The Kier molecular flexibility index (Phi) is 4.52. The fraction of sp³-hybridized carbons (Fsp3) is 0.462.